The zero-order valence-electron chi connectivity index (χ0n) is 18.6. The Hall–Kier alpha value is -2.68. The first kappa shape index (κ1) is 23.1. The maximum atomic E-state index is 13.1. The number of benzene rings is 2. The number of hydrogen-bond donors (Lipinski definition) is 0. The number of aromatic nitrogens is 1. The van der Waals surface area contributed by atoms with E-state index in [1.165, 1.54) is 4.90 Å². The second kappa shape index (κ2) is 8.83. The van der Waals surface area contributed by atoms with E-state index < -0.39 is 0 Å². The molecule has 2 aliphatic heterocycles. The van der Waals surface area contributed by atoms with Crippen molar-refractivity contribution in [3.63, 3.8) is 0 Å². The molecule has 3 aromatic rings. The number of hydrogen-bond acceptors (Lipinski definition) is 5. The quantitative estimate of drug-likeness (QED) is 0.330. The predicted octanol–water partition coefficient (Wildman–Crippen LogP) is 6.78. The third-order valence-electron chi connectivity index (χ3n) is 5.90. The third-order valence-corrected chi connectivity index (χ3v) is 8.05. The van der Waals surface area contributed by atoms with Crippen LogP contribution >= 0.6 is 39.3 Å². The number of nitrogens with zero attached hydrogens (tertiary/aromatic N) is 2. The smallest absolute Gasteiger partial charge is 0.293 e. The topological polar surface area (TPSA) is 60.8 Å². The summed E-state index contributed by atoms with van der Waals surface area (Å²) >= 11 is 10.8. The summed E-state index contributed by atoms with van der Waals surface area (Å²) in [5.41, 5.74) is 5.72. The molecule has 0 aliphatic carbocycles. The Balaban J connectivity index is 1.43. The summed E-state index contributed by atoms with van der Waals surface area (Å²) in [5, 5.41) is 0.0861. The Labute approximate surface area is 214 Å². The van der Waals surface area contributed by atoms with Gasteiger partial charge in [0, 0.05) is 32.6 Å². The molecule has 2 aliphatic rings. The van der Waals surface area contributed by atoms with Crippen LogP contribution in [0.1, 0.15) is 28.1 Å². The first-order valence-electron chi connectivity index (χ1n) is 10.5. The maximum absolute atomic E-state index is 13.1. The number of halogens is 2. The second-order valence-electron chi connectivity index (χ2n) is 8.16. The lowest BCUT2D eigenvalue weighted by atomic mass is 10.1. The van der Waals surface area contributed by atoms with Gasteiger partial charge in [0.2, 0.25) is 6.79 Å². The minimum atomic E-state index is -0.340. The van der Waals surface area contributed by atoms with Crippen molar-refractivity contribution in [1.29, 1.82) is 0 Å². The molecule has 6 nitrogen and oxygen atoms in total. The molecule has 174 valence electrons. The molecule has 2 amide bonds. The van der Waals surface area contributed by atoms with E-state index in [0.717, 1.165) is 44.4 Å². The highest BCUT2D eigenvalue weighted by molar-refractivity contribution is 9.10. The average Bonchev–Trinajstić information content (AvgIpc) is 3.43. The molecule has 0 atom stereocenters. The van der Waals surface area contributed by atoms with Crippen molar-refractivity contribution in [2.24, 2.45) is 0 Å². The van der Waals surface area contributed by atoms with Gasteiger partial charge in [0.05, 0.1) is 11.4 Å². The number of amides is 2. The van der Waals surface area contributed by atoms with Gasteiger partial charge in [0.15, 0.2) is 11.5 Å². The number of imide groups is 1. The third kappa shape index (κ3) is 4.04. The van der Waals surface area contributed by atoms with Crippen molar-refractivity contribution < 1.29 is 19.1 Å². The summed E-state index contributed by atoms with van der Waals surface area (Å²) in [7, 11) is 0. The Morgan fingerprint density at radius 3 is 2.56 bits per heavy atom. The molecule has 1 saturated heterocycles. The van der Waals surface area contributed by atoms with Crippen LogP contribution in [-0.2, 0) is 11.3 Å². The van der Waals surface area contributed by atoms with Gasteiger partial charge in [-0.15, -0.1) is 0 Å². The molecule has 5 rings (SSSR count). The molecule has 2 aromatic carbocycles. The van der Waals surface area contributed by atoms with E-state index in [4.69, 9.17) is 21.1 Å². The van der Waals surface area contributed by atoms with Crippen molar-refractivity contribution >= 4 is 56.5 Å². The van der Waals surface area contributed by atoms with Crippen molar-refractivity contribution in [2.75, 3.05) is 6.79 Å². The Morgan fingerprint density at radius 2 is 1.82 bits per heavy atom. The summed E-state index contributed by atoms with van der Waals surface area (Å²) in [6.45, 7) is 6.26. The Bertz CT molecular complexity index is 1400. The monoisotopic (exact) mass is 558 g/mol. The minimum Gasteiger partial charge on any atom is -0.454 e. The van der Waals surface area contributed by atoms with Gasteiger partial charge < -0.3 is 14.0 Å². The van der Waals surface area contributed by atoms with E-state index >= 15 is 0 Å². The van der Waals surface area contributed by atoms with Gasteiger partial charge in [0.1, 0.15) is 0 Å². The molecule has 34 heavy (non-hydrogen) atoms. The summed E-state index contributed by atoms with van der Waals surface area (Å²) < 4.78 is 13.9. The highest BCUT2D eigenvalue weighted by Gasteiger charge is 2.36. The van der Waals surface area contributed by atoms with Crippen LogP contribution in [0.3, 0.4) is 0 Å². The first-order valence-corrected chi connectivity index (χ1v) is 12.5. The molecule has 1 fully saturated rings. The molecule has 0 N–H and O–H groups in total. The number of thioether (sulfide) groups is 1. The van der Waals surface area contributed by atoms with E-state index in [1.807, 2.05) is 39.0 Å². The Morgan fingerprint density at radius 1 is 1.09 bits per heavy atom. The van der Waals surface area contributed by atoms with Crippen molar-refractivity contribution in [2.45, 2.75) is 27.3 Å². The lowest BCUT2D eigenvalue weighted by Gasteiger charge is -2.14. The van der Waals surface area contributed by atoms with Crippen LogP contribution in [0.2, 0.25) is 5.02 Å². The van der Waals surface area contributed by atoms with E-state index in [0.29, 0.717) is 27.0 Å². The van der Waals surface area contributed by atoms with Gasteiger partial charge in [0.25, 0.3) is 11.1 Å². The van der Waals surface area contributed by atoms with Crippen LogP contribution in [0.25, 0.3) is 11.8 Å². The van der Waals surface area contributed by atoms with Gasteiger partial charge in [-0.1, -0.05) is 27.5 Å². The van der Waals surface area contributed by atoms with E-state index in [1.54, 1.807) is 18.2 Å². The molecule has 0 spiro atoms. The number of carbonyl (C=O) groups excluding carboxylic acids is 2. The van der Waals surface area contributed by atoms with Crippen LogP contribution < -0.4 is 9.47 Å². The summed E-state index contributed by atoms with van der Waals surface area (Å²) in [6.07, 6.45) is 1.79. The number of fused-ring (bicyclic) bond motifs is 1. The van der Waals surface area contributed by atoms with E-state index in [-0.39, 0.29) is 24.5 Å². The molecule has 0 radical (unpaired) electrons. The molecule has 0 saturated carbocycles. The predicted molar refractivity (Wildman–Crippen MR) is 137 cm³/mol. The summed E-state index contributed by atoms with van der Waals surface area (Å²) in [6, 6.07) is 11.6. The Kier molecular flexibility index (Phi) is 6.00. The molecule has 0 bridgehead atoms. The highest BCUT2D eigenvalue weighted by Crippen LogP contribution is 2.39. The van der Waals surface area contributed by atoms with E-state index in [2.05, 4.69) is 26.6 Å². The second-order valence-corrected chi connectivity index (χ2v) is 10.4. The maximum Gasteiger partial charge on any atom is 0.293 e. The van der Waals surface area contributed by atoms with Crippen LogP contribution in [0.4, 0.5) is 4.79 Å². The van der Waals surface area contributed by atoms with Crippen LogP contribution in [-0.4, -0.2) is 27.4 Å². The molecular weight excluding hydrogens is 540 g/mol. The zero-order chi connectivity index (χ0) is 24.1. The first-order chi connectivity index (χ1) is 16.2. The average molecular weight is 560 g/mol. The van der Waals surface area contributed by atoms with Crippen molar-refractivity contribution in [3.8, 4) is 17.2 Å². The highest BCUT2D eigenvalue weighted by atomic mass is 79.9. The number of aryl methyl sites for hydroxylation is 2. The molecular formula is C25H20BrClN2O4S. The van der Waals surface area contributed by atoms with Crippen LogP contribution in [0.5, 0.6) is 11.5 Å². The number of carbonyl (C=O) groups is 2. The van der Waals surface area contributed by atoms with Gasteiger partial charge in [-0.25, -0.2) is 0 Å². The summed E-state index contributed by atoms with van der Waals surface area (Å²) in [5.74, 6) is 0.768. The fourth-order valence-corrected chi connectivity index (χ4v) is 5.42. The molecule has 0 unspecified atom stereocenters. The zero-order valence-corrected chi connectivity index (χ0v) is 21.8. The SMILES string of the molecule is Cc1cc(-n2c(C)cc(/C=C3\SC(=O)N(Cc4cc5c(cc4Cl)OCO5)C3=O)c2C)ccc1Br. The van der Waals surface area contributed by atoms with Crippen LogP contribution in [0.15, 0.2) is 45.8 Å². The van der Waals surface area contributed by atoms with E-state index in [9.17, 15) is 9.59 Å². The van der Waals surface area contributed by atoms with Gasteiger partial charge in [-0.2, -0.15) is 0 Å². The molecule has 3 heterocycles. The normalized spacial score (nSPS) is 16.3. The number of ether oxygens (including phenoxy) is 2. The van der Waals surface area contributed by atoms with Gasteiger partial charge >= 0.3 is 0 Å². The molecule has 9 heteroatoms. The van der Waals surface area contributed by atoms with Crippen molar-refractivity contribution in [3.05, 3.63) is 78.9 Å². The largest absolute Gasteiger partial charge is 0.454 e. The lowest BCUT2D eigenvalue weighted by Crippen LogP contribution is -2.27. The fourth-order valence-electron chi connectivity index (χ4n) is 4.13. The van der Waals surface area contributed by atoms with Gasteiger partial charge in [-0.05, 0) is 85.6 Å². The van der Waals surface area contributed by atoms with Crippen molar-refractivity contribution in [1.82, 2.24) is 9.47 Å². The number of rotatable bonds is 4. The van der Waals surface area contributed by atoms with Crippen LogP contribution in [0, 0.1) is 20.8 Å². The minimum absolute atomic E-state index is 0.0642. The molecule has 1 aromatic heterocycles. The van der Waals surface area contributed by atoms with Gasteiger partial charge in [-0.3, -0.25) is 14.5 Å². The fraction of sp³-hybridized carbons (Fsp3) is 0.200. The summed E-state index contributed by atoms with van der Waals surface area (Å²) in [4.78, 5) is 27.4. The lowest BCUT2D eigenvalue weighted by molar-refractivity contribution is -0.123. The standard InChI is InChI=1S/C25H20BrClN2O4S/c1-13-6-18(4-5-19(13)26)29-14(2)7-16(15(29)3)9-23-24(30)28(25(31)34-23)11-17-8-21-22(10-20(17)27)33-12-32-21/h4-10H,11-12H2,1-3H3/b23-9-.